The van der Waals surface area contributed by atoms with Crippen LogP contribution in [-0.4, -0.2) is 42.8 Å². The van der Waals surface area contributed by atoms with Gasteiger partial charge in [-0.05, 0) is 31.5 Å². The van der Waals surface area contributed by atoms with Gasteiger partial charge in [0.25, 0.3) is 0 Å². The van der Waals surface area contributed by atoms with Crippen LogP contribution in [0.2, 0.25) is 0 Å². The Morgan fingerprint density at radius 3 is 2.53 bits per heavy atom. The Balaban J connectivity index is 1.75. The number of nitrogens with one attached hydrogen (secondary N) is 1. The molecule has 0 amide bonds. The highest BCUT2D eigenvalue weighted by atomic mass is 16.3. The Bertz CT molecular complexity index is 309. The molecule has 1 atom stereocenters. The van der Waals surface area contributed by atoms with E-state index in [1.807, 2.05) is 18.2 Å². The third-order valence-corrected chi connectivity index (χ3v) is 3.40. The number of nitrogens with zero attached hydrogens (tertiary/aromatic N) is 1. The van der Waals surface area contributed by atoms with Crippen molar-refractivity contribution in [3.63, 3.8) is 0 Å². The van der Waals surface area contributed by atoms with E-state index in [-0.39, 0.29) is 12.6 Å². The van der Waals surface area contributed by atoms with E-state index in [9.17, 15) is 5.11 Å². The lowest BCUT2D eigenvalue weighted by molar-refractivity contribution is 0.237. The first kappa shape index (κ1) is 12.6. The van der Waals surface area contributed by atoms with E-state index in [2.05, 4.69) is 22.3 Å². The van der Waals surface area contributed by atoms with E-state index in [1.165, 1.54) is 25.9 Å². The number of likely N-dealkylation sites (tertiary alicyclic amines) is 1. The van der Waals surface area contributed by atoms with Gasteiger partial charge in [-0.15, -0.1) is 0 Å². The minimum absolute atomic E-state index is 0.0683. The van der Waals surface area contributed by atoms with E-state index in [0.717, 1.165) is 18.7 Å². The van der Waals surface area contributed by atoms with Crippen molar-refractivity contribution in [2.24, 2.45) is 0 Å². The monoisotopic (exact) mass is 234 g/mol. The molecule has 1 heterocycles. The molecule has 1 saturated heterocycles. The molecular weight excluding hydrogens is 212 g/mol. The average Bonchev–Trinajstić information content (AvgIpc) is 2.89. The summed E-state index contributed by atoms with van der Waals surface area (Å²) in [5, 5.41) is 12.8. The van der Waals surface area contributed by atoms with Gasteiger partial charge in [-0.25, -0.2) is 0 Å². The Morgan fingerprint density at radius 2 is 1.88 bits per heavy atom. The van der Waals surface area contributed by atoms with Crippen LogP contribution in [0.5, 0.6) is 0 Å². The molecule has 0 aliphatic carbocycles. The van der Waals surface area contributed by atoms with Gasteiger partial charge in [0.05, 0.1) is 12.6 Å². The predicted octanol–water partition coefficient (Wildman–Crippen LogP) is 1.41. The number of aliphatic hydroxyl groups is 1. The van der Waals surface area contributed by atoms with Crippen LogP contribution in [0.4, 0.5) is 0 Å². The van der Waals surface area contributed by atoms with Crippen molar-refractivity contribution in [2.75, 3.05) is 32.8 Å². The summed E-state index contributed by atoms with van der Waals surface area (Å²) in [6, 6.07) is 10.2. The maximum absolute atomic E-state index is 9.40. The second-order valence-corrected chi connectivity index (χ2v) is 4.65. The molecule has 0 bridgehead atoms. The lowest BCUT2D eigenvalue weighted by Crippen LogP contribution is -2.33. The molecule has 0 saturated carbocycles. The van der Waals surface area contributed by atoms with Gasteiger partial charge < -0.3 is 15.3 Å². The molecule has 0 radical (unpaired) electrons. The third-order valence-electron chi connectivity index (χ3n) is 3.40. The fourth-order valence-corrected chi connectivity index (χ4v) is 2.38. The Kier molecular flexibility index (Phi) is 4.98. The Morgan fingerprint density at radius 1 is 1.18 bits per heavy atom. The zero-order valence-electron chi connectivity index (χ0n) is 10.3. The summed E-state index contributed by atoms with van der Waals surface area (Å²) < 4.78 is 0. The van der Waals surface area contributed by atoms with Crippen LogP contribution in [0.3, 0.4) is 0 Å². The second-order valence-electron chi connectivity index (χ2n) is 4.65. The van der Waals surface area contributed by atoms with Gasteiger partial charge in [-0.3, -0.25) is 0 Å². The van der Waals surface area contributed by atoms with E-state index in [0.29, 0.717) is 0 Å². The van der Waals surface area contributed by atoms with Crippen LogP contribution in [0.15, 0.2) is 30.3 Å². The van der Waals surface area contributed by atoms with Crippen LogP contribution < -0.4 is 5.32 Å². The molecular formula is C14H22N2O. The summed E-state index contributed by atoms with van der Waals surface area (Å²) in [4.78, 5) is 2.48. The third kappa shape index (κ3) is 3.80. The van der Waals surface area contributed by atoms with Crippen LogP contribution in [0, 0.1) is 0 Å². The largest absolute Gasteiger partial charge is 0.394 e. The van der Waals surface area contributed by atoms with E-state index in [4.69, 9.17) is 0 Å². The molecule has 0 aromatic heterocycles. The van der Waals surface area contributed by atoms with Crippen molar-refractivity contribution in [1.82, 2.24) is 10.2 Å². The average molecular weight is 234 g/mol. The lowest BCUT2D eigenvalue weighted by Gasteiger charge is -2.20. The first-order valence-electron chi connectivity index (χ1n) is 6.51. The molecule has 1 unspecified atom stereocenters. The SMILES string of the molecule is OCC(NCCN1CCCC1)c1ccccc1. The Hall–Kier alpha value is -0.900. The fourth-order valence-electron chi connectivity index (χ4n) is 2.38. The minimum atomic E-state index is 0.0683. The van der Waals surface area contributed by atoms with Gasteiger partial charge in [-0.1, -0.05) is 30.3 Å². The van der Waals surface area contributed by atoms with Crippen molar-refractivity contribution < 1.29 is 5.11 Å². The highest BCUT2D eigenvalue weighted by Gasteiger charge is 2.12. The summed E-state index contributed by atoms with van der Waals surface area (Å²) in [5.41, 5.74) is 1.16. The molecule has 1 aromatic carbocycles. The molecule has 17 heavy (non-hydrogen) atoms. The lowest BCUT2D eigenvalue weighted by atomic mass is 10.1. The Labute approximate surface area is 103 Å². The maximum Gasteiger partial charge on any atom is 0.0626 e. The van der Waals surface area contributed by atoms with Gasteiger partial charge in [0.1, 0.15) is 0 Å². The van der Waals surface area contributed by atoms with E-state index >= 15 is 0 Å². The molecule has 3 nitrogen and oxygen atoms in total. The smallest absolute Gasteiger partial charge is 0.0626 e. The summed E-state index contributed by atoms with van der Waals surface area (Å²) in [5.74, 6) is 0. The molecule has 0 spiro atoms. The van der Waals surface area contributed by atoms with Crippen LogP contribution in [0.25, 0.3) is 0 Å². The molecule has 1 aromatic rings. The van der Waals surface area contributed by atoms with Crippen molar-refractivity contribution in [3.05, 3.63) is 35.9 Å². The minimum Gasteiger partial charge on any atom is -0.394 e. The standard InChI is InChI=1S/C14H22N2O/c17-12-14(13-6-2-1-3-7-13)15-8-11-16-9-4-5-10-16/h1-3,6-7,14-15,17H,4-5,8-12H2. The predicted molar refractivity (Wildman–Crippen MR) is 69.9 cm³/mol. The van der Waals surface area contributed by atoms with Gasteiger partial charge in [0, 0.05) is 13.1 Å². The summed E-state index contributed by atoms with van der Waals surface area (Å²) >= 11 is 0. The van der Waals surface area contributed by atoms with Crippen LogP contribution >= 0.6 is 0 Å². The van der Waals surface area contributed by atoms with Gasteiger partial charge in [0.2, 0.25) is 0 Å². The number of hydrogen-bond donors (Lipinski definition) is 2. The van der Waals surface area contributed by atoms with Gasteiger partial charge in [0.15, 0.2) is 0 Å². The maximum atomic E-state index is 9.40. The summed E-state index contributed by atoms with van der Waals surface area (Å²) in [7, 11) is 0. The number of benzene rings is 1. The second kappa shape index (κ2) is 6.74. The van der Waals surface area contributed by atoms with Crippen molar-refractivity contribution in [3.8, 4) is 0 Å². The highest BCUT2D eigenvalue weighted by Crippen LogP contribution is 2.11. The molecule has 1 aliphatic heterocycles. The van der Waals surface area contributed by atoms with E-state index < -0.39 is 0 Å². The number of rotatable bonds is 6. The quantitative estimate of drug-likeness (QED) is 0.781. The topological polar surface area (TPSA) is 35.5 Å². The summed E-state index contributed by atoms with van der Waals surface area (Å²) in [6.45, 7) is 4.65. The van der Waals surface area contributed by atoms with Crippen molar-refractivity contribution in [1.29, 1.82) is 0 Å². The molecule has 94 valence electrons. The first-order valence-corrected chi connectivity index (χ1v) is 6.51. The molecule has 2 rings (SSSR count). The zero-order chi connectivity index (χ0) is 11.9. The number of aliphatic hydroxyl groups excluding tert-OH is 1. The molecule has 1 fully saturated rings. The van der Waals surface area contributed by atoms with E-state index in [1.54, 1.807) is 0 Å². The molecule has 2 N–H and O–H groups in total. The molecule has 3 heteroatoms. The van der Waals surface area contributed by atoms with Gasteiger partial charge in [-0.2, -0.15) is 0 Å². The molecule has 1 aliphatic rings. The number of hydrogen-bond acceptors (Lipinski definition) is 3. The fraction of sp³-hybridized carbons (Fsp3) is 0.571. The van der Waals surface area contributed by atoms with Gasteiger partial charge >= 0.3 is 0 Å². The van der Waals surface area contributed by atoms with Crippen molar-refractivity contribution >= 4 is 0 Å². The van der Waals surface area contributed by atoms with Crippen molar-refractivity contribution in [2.45, 2.75) is 18.9 Å². The zero-order valence-corrected chi connectivity index (χ0v) is 10.3. The first-order chi connectivity index (χ1) is 8.40. The normalized spacial score (nSPS) is 18.4. The van der Waals surface area contributed by atoms with Crippen LogP contribution in [0.1, 0.15) is 24.4 Å². The highest BCUT2D eigenvalue weighted by molar-refractivity contribution is 5.18. The summed E-state index contributed by atoms with van der Waals surface area (Å²) in [6.07, 6.45) is 2.67. The van der Waals surface area contributed by atoms with Crippen LogP contribution in [-0.2, 0) is 0 Å².